The van der Waals surface area contributed by atoms with Crippen LogP contribution in [0, 0.1) is 10.1 Å². The van der Waals surface area contributed by atoms with Crippen molar-refractivity contribution in [3.63, 3.8) is 0 Å². The minimum absolute atomic E-state index is 0.117. The first-order valence-corrected chi connectivity index (χ1v) is 8.67. The van der Waals surface area contributed by atoms with Gasteiger partial charge in [-0.2, -0.15) is 0 Å². The summed E-state index contributed by atoms with van der Waals surface area (Å²) < 4.78 is 0. The molecule has 26 heavy (non-hydrogen) atoms. The van der Waals surface area contributed by atoms with Crippen molar-refractivity contribution >= 4 is 17.3 Å². The van der Waals surface area contributed by atoms with Crippen molar-refractivity contribution in [2.24, 2.45) is 4.99 Å². The van der Waals surface area contributed by atoms with Gasteiger partial charge < -0.3 is 15.5 Å². The van der Waals surface area contributed by atoms with Crippen LogP contribution >= 0.6 is 0 Å². The minimum Gasteiger partial charge on any atom is -0.369 e. The van der Waals surface area contributed by atoms with E-state index in [0.717, 1.165) is 19.5 Å². The fourth-order valence-electron chi connectivity index (χ4n) is 3.16. The third kappa shape index (κ3) is 4.30. The van der Waals surface area contributed by atoms with E-state index in [1.165, 1.54) is 11.8 Å². The van der Waals surface area contributed by atoms with E-state index >= 15 is 0 Å². The molecule has 0 aromatic heterocycles. The van der Waals surface area contributed by atoms with E-state index in [0.29, 0.717) is 18.1 Å². The molecule has 1 unspecified atom stereocenters. The molecule has 136 valence electrons. The Morgan fingerprint density at radius 1 is 1.23 bits per heavy atom. The molecule has 0 spiro atoms. The topological polar surface area (TPSA) is 82.8 Å². The molecule has 0 bridgehead atoms. The lowest BCUT2D eigenvalue weighted by Gasteiger charge is -2.20. The van der Waals surface area contributed by atoms with E-state index in [2.05, 4.69) is 32.7 Å². The number of aliphatic imine (C=N–C) groups is 1. The van der Waals surface area contributed by atoms with Crippen molar-refractivity contribution in [2.75, 3.05) is 25.0 Å². The maximum absolute atomic E-state index is 11.1. The second kappa shape index (κ2) is 8.33. The van der Waals surface area contributed by atoms with Crippen molar-refractivity contribution in [3.8, 4) is 0 Å². The van der Waals surface area contributed by atoms with Crippen LogP contribution in [0.1, 0.15) is 12.0 Å². The zero-order valence-corrected chi connectivity index (χ0v) is 14.8. The Bertz CT molecular complexity index is 779. The molecule has 3 rings (SSSR count). The van der Waals surface area contributed by atoms with Crippen molar-refractivity contribution in [3.05, 3.63) is 70.3 Å². The summed E-state index contributed by atoms with van der Waals surface area (Å²) in [5.41, 5.74) is 1.98. The second-order valence-electron chi connectivity index (χ2n) is 6.22. The number of nitro groups is 1. The molecule has 1 aliphatic heterocycles. The number of hydrogen-bond donors (Lipinski definition) is 2. The largest absolute Gasteiger partial charge is 0.369 e. The summed E-state index contributed by atoms with van der Waals surface area (Å²) in [7, 11) is 1.71. The van der Waals surface area contributed by atoms with Gasteiger partial charge in [0.2, 0.25) is 0 Å². The Balaban J connectivity index is 1.55. The zero-order chi connectivity index (χ0) is 18.4. The van der Waals surface area contributed by atoms with Gasteiger partial charge in [0.25, 0.3) is 5.69 Å². The molecule has 1 heterocycles. The third-order valence-electron chi connectivity index (χ3n) is 4.51. The smallest absolute Gasteiger partial charge is 0.274 e. The van der Waals surface area contributed by atoms with Crippen LogP contribution in [0.15, 0.2) is 59.6 Å². The van der Waals surface area contributed by atoms with Gasteiger partial charge in [-0.05, 0) is 18.6 Å². The molecule has 2 aromatic carbocycles. The van der Waals surface area contributed by atoms with Crippen LogP contribution in [0.2, 0.25) is 0 Å². The predicted octanol–water partition coefficient (Wildman–Crippen LogP) is 2.54. The van der Waals surface area contributed by atoms with Crippen LogP contribution in [-0.4, -0.2) is 37.1 Å². The van der Waals surface area contributed by atoms with Crippen LogP contribution in [0.4, 0.5) is 11.4 Å². The van der Waals surface area contributed by atoms with Gasteiger partial charge in [0.1, 0.15) is 0 Å². The molecule has 0 amide bonds. The van der Waals surface area contributed by atoms with Gasteiger partial charge in [0, 0.05) is 50.0 Å². The van der Waals surface area contributed by atoms with Crippen molar-refractivity contribution in [1.82, 2.24) is 10.6 Å². The minimum atomic E-state index is -0.359. The highest BCUT2D eigenvalue weighted by atomic mass is 16.6. The number of hydrogen-bond acceptors (Lipinski definition) is 4. The molecule has 0 saturated carbocycles. The number of guanidine groups is 1. The Kier molecular flexibility index (Phi) is 5.68. The van der Waals surface area contributed by atoms with Crippen LogP contribution in [0.25, 0.3) is 0 Å². The van der Waals surface area contributed by atoms with Crippen LogP contribution in [0.3, 0.4) is 0 Å². The van der Waals surface area contributed by atoms with Crippen LogP contribution in [-0.2, 0) is 6.54 Å². The zero-order valence-electron chi connectivity index (χ0n) is 14.8. The fourth-order valence-corrected chi connectivity index (χ4v) is 3.16. The predicted molar refractivity (Wildman–Crippen MR) is 103 cm³/mol. The van der Waals surface area contributed by atoms with Crippen LogP contribution in [0.5, 0.6) is 0 Å². The standard InChI is InChI=1S/C19H23N5O2/c1-20-19(21-13-15-7-5-6-10-18(15)24(25)26)22-16-11-12-23(14-16)17-8-3-2-4-9-17/h2-10,16H,11-14H2,1H3,(H2,20,21,22). The van der Waals surface area contributed by atoms with Gasteiger partial charge in [0.05, 0.1) is 4.92 Å². The first kappa shape index (κ1) is 17.7. The highest BCUT2D eigenvalue weighted by Crippen LogP contribution is 2.20. The van der Waals surface area contributed by atoms with Gasteiger partial charge in [-0.15, -0.1) is 0 Å². The van der Waals surface area contributed by atoms with Crippen molar-refractivity contribution in [1.29, 1.82) is 0 Å². The molecule has 2 N–H and O–H groups in total. The van der Waals surface area contributed by atoms with E-state index in [9.17, 15) is 10.1 Å². The average molecular weight is 353 g/mol. The number of para-hydroxylation sites is 2. The number of anilines is 1. The van der Waals surface area contributed by atoms with Crippen molar-refractivity contribution in [2.45, 2.75) is 19.0 Å². The molecular weight excluding hydrogens is 330 g/mol. The summed E-state index contributed by atoms with van der Waals surface area (Å²) in [6, 6.07) is 17.4. The molecule has 1 aliphatic rings. The highest BCUT2D eigenvalue weighted by molar-refractivity contribution is 5.80. The lowest BCUT2D eigenvalue weighted by atomic mass is 10.2. The molecule has 0 radical (unpaired) electrons. The van der Waals surface area contributed by atoms with E-state index in [1.807, 2.05) is 18.2 Å². The van der Waals surface area contributed by atoms with E-state index in [4.69, 9.17) is 0 Å². The quantitative estimate of drug-likeness (QED) is 0.374. The summed E-state index contributed by atoms with van der Waals surface area (Å²) in [5.74, 6) is 0.656. The summed E-state index contributed by atoms with van der Waals surface area (Å²) in [6.45, 7) is 2.24. The van der Waals surface area contributed by atoms with Gasteiger partial charge in [-0.3, -0.25) is 15.1 Å². The first-order valence-electron chi connectivity index (χ1n) is 8.67. The Hall–Kier alpha value is -3.09. The molecular formula is C19H23N5O2. The summed E-state index contributed by atoms with van der Waals surface area (Å²) in [6.07, 6.45) is 1.01. The summed E-state index contributed by atoms with van der Waals surface area (Å²) in [4.78, 5) is 17.3. The van der Waals surface area contributed by atoms with Crippen molar-refractivity contribution < 1.29 is 4.92 Å². The second-order valence-corrected chi connectivity index (χ2v) is 6.22. The molecule has 0 aliphatic carbocycles. The number of nitrogens with zero attached hydrogens (tertiary/aromatic N) is 3. The lowest BCUT2D eigenvalue weighted by Crippen LogP contribution is -2.44. The molecule has 1 atom stereocenters. The highest BCUT2D eigenvalue weighted by Gasteiger charge is 2.23. The monoisotopic (exact) mass is 353 g/mol. The van der Waals surface area contributed by atoms with Crippen LogP contribution < -0.4 is 15.5 Å². The maximum Gasteiger partial charge on any atom is 0.274 e. The number of nitro benzene ring substituents is 1. The van der Waals surface area contributed by atoms with E-state index < -0.39 is 0 Å². The number of benzene rings is 2. The first-order chi connectivity index (χ1) is 12.7. The molecule has 1 fully saturated rings. The molecule has 1 saturated heterocycles. The fraction of sp³-hybridized carbons (Fsp3) is 0.316. The Morgan fingerprint density at radius 3 is 2.69 bits per heavy atom. The summed E-state index contributed by atoms with van der Waals surface area (Å²) >= 11 is 0. The summed E-state index contributed by atoms with van der Waals surface area (Å²) in [5, 5.41) is 17.7. The Morgan fingerprint density at radius 2 is 1.96 bits per heavy atom. The number of rotatable bonds is 5. The SMILES string of the molecule is CN=C(NCc1ccccc1[N+](=O)[O-])NC1CCN(c2ccccc2)C1. The van der Waals surface area contributed by atoms with Gasteiger partial charge in [-0.25, -0.2) is 0 Å². The lowest BCUT2D eigenvalue weighted by molar-refractivity contribution is -0.385. The van der Waals surface area contributed by atoms with Gasteiger partial charge >= 0.3 is 0 Å². The van der Waals surface area contributed by atoms with Gasteiger partial charge in [0.15, 0.2) is 5.96 Å². The maximum atomic E-state index is 11.1. The number of nitrogens with one attached hydrogen (secondary N) is 2. The van der Waals surface area contributed by atoms with E-state index in [-0.39, 0.29) is 16.7 Å². The van der Waals surface area contributed by atoms with E-state index in [1.54, 1.807) is 25.2 Å². The normalized spacial score (nSPS) is 17.2. The third-order valence-corrected chi connectivity index (χ3v) is 4.51. The average Bonchev–Trinajstić information content (AvgIpc) is 3.14. The van der Waals surface area contributed by atoms with Gasteiger partial charge in [-0.1, -0.05) is 36.4 Å². The Labute approximate surface area is 152 Å². The molecule has 2 aromatic rings. The molecule has 7 heteroatoms. The molecule has 7 nitrogen and oxygen atoms in total.